The van der Waals surface area contributed by atoms with Crippen molar-refractivity contribution in [3.63, 3.8) is 0 Å². The number of phenolic OH excluding ortho intramolecular Hbond substituents is 2. The fourth-order valence-electron chi connectivity index (χ4n) is 14.0. The van der Waals surface area contributed by atoms with Crippen molar-refractivity contribution in [2.75, 3.05) is 20.8 Å². The normalized spacial score (nSPS) is 14.3. The molecule has 14 nitrogen and oxygen atoms in total. The van der Waals surface area contributed by atoms with Gasteiger partial charge in [0.05, 0.1) is 31.1 Å². The number of esters is 1. The summed E-state index contributed by atoms with van der Waals surface area (Å²) in [5.74, 6) is 5.80. The zero-order chi connectivity index (χ0) is 88.6. The van der Waals surface area contributed by atoms with E-state index in [9.17, 15) is 36.0 Å². The number of rotatable bonds is 27. The summed E-state index contributed by atoms with van der Waals surface area (Å²) in [6.45, 7) is 32.8. The lowest BCUT2D eigenvalue weighted by Crippen LogP contribution is -2.42. The number of halogens is 3. The number of benzene rings is 9. The molecule has 656 valence electrons. The minimum Gasteiger partial charge on any atom is -0.744 e. The minimum absolute atomic E-state index is 0.132. The number of ether oxygens (including phenoxy) is 7. The number of phenols is 2. The molecule has 11 rings (SSSR count). The highest BCUT2D eigenvalue weighted by Gasteiger charge is 2.51. The molecule has 0 heterocycles. The first-order valence-electron chi connectivity index (χ1n) is 42.5. The molecule has 120 heavy (non-hydrogen) atoms. The number of hydrogen-bond donors (Lipinski definition) is 3. The number of aromatic hydroxyl groups is 2. The van der Waals surface area contributed by atoms with Crippen molar-refractivity contribution in [1.82, 2.24) is 0 Å². The quantitative estimate of drug-likeness (QED) is 0.0144. The van der Waals surface area contributed by atoms with Crippen LogP contribution in [0, 0.1) is 35.5 Å². The largest absolute Gasteiger partial charge is 0.744 e. The van der Waals surface area contributed by atoms with Crippen LogP contribution in [0.25, 0.3) is 0 Å². The van der Waals surface area contributed by atoms with Crippen molar-refractivity contribution < 1.29 is 79.4 Å². The van der Waals surface area contributed by atoms with Crippen LogP contribution in [0.3, 0.4) is 0 Å². The Balaban J connectivity index is 0.000000257. The van der Waals surface area contributed by atoms with E-state index in [-0.39, 0.29) is 63.1 Å². The zero-order valence-corrected chi connectivity index (χ0v) is 75.9. The van der Waals surface area contributed by atoms with E-state index < -0.39 is 21.9 Å². The summed E-state index contributed by atoms with van der Waals surface area (Å²) in [6.07, 6.45) is 15.9. The number of carbonyl (C=O) groups is 1. The molecule has 19 heteroatoms. The van der Waals surface area contributed by atoms with Crippen LogP contribution in [0.2, 0.25) is 0 Å². The van der Waals surface area contributed by atoms with Crippen LogP contribution >= 0.6 is 0 Å². The summed E-state index contributed by atoms with van der Waals surface area (Å²) < 4.78 is 109. The van der Waals surface area contributed by atoms with Crippen molar-refractivity contribution >= 4 is 27.0 Å². The van der Waals surface area contributed by atoms with Gasteiger partial charge in [-0.3, -0.25) is 4.79 Å². The van der Waals surface area contributed by atoms with Gasteiger partial charge >= 0.3 is 12.1 Å². The van der Waals surface area contributed by atoms with Crippen LogP contribution in [-0.4, -0.2) is 79.9 Å². The first-order valence-corrected chi connectivity index (χ1v) is 45.1. The second kappa shape index (κ2) is 51.2. The highest BCUT2D eigenvalue weighted by Crippen LogP contribution is 2.52. The van der Waals surface area contributed by atoms with Crippen molar-refractivity contribution in [2.45, 2.75) is 270 Å². The van der Waals surface area contributed by atoms with Crippen LogP contribution in [0.1, 0.15) is 220 Å². The Morgan fingerprint density at radius 2 is 0.917 bits per heavy atom. The average Bonchev–Trinajstić information content (AvgIpc) is 0.804. The van der Waals surface area contributed by atoms with Gasteiger partial charge in [-0.05, 0) is 263 Å². The number of alkyl halides is 3. The van der Waals surface area contributed by atoms with Gasteiger partial charge in [-0.1, -0.05) is 218 Å². The number of methoxy groups -OCH3 is 2. The fraction of sp³-hybridized carbons (Fsp3) is 0.455. The molecule has 0 spiro atoms. The summed E-state index contributed by atoms with van der Waals surface area (Å²) in [7, 11) is -1.11. The molecular weight excluding hydrogens is 1560 g/mol. The number of aliphatic hydroxyl groups is 1. The maximum absolute atomic E-state index is 12.5. The molecule has 0 saturated heterocycles. The predicted molar refractivity (Wildman–Crippen MR) is 479 cm³/mol. The van der Waals surface area contributed by atoms with Gasteiger partial charge in [-0.25, -0.2) is 8.42 Å². The monoisotopic (exact) mass is 1690 g/mol. The van der Waals surface area contributed by atoms with Gasteiger partial charge in [-0.2, -0.15) is 13.2 Å². The van der Waals surface area contributed by atoms with Crippen molar-refractivity contribution in [2.24, 2.45) is 28.6 Å². The predicted octanol–water partition coefficient (Wildman–Crippen LogP) is 25.6. The molecule has 4 unspecified atom stereocenters. The molecule has 0 amide bonds. The second-order valence-corrected chi connectivity index (χ2v) is 35.9. The highest BCUT2D eigenvalue weighted by atomic mass is 32.2. The van der Waals surface area contributed by atoms with Gasteiger partial charge in [0.1, 0.15) is 55.5 Å². The van der Waals surface area contributed by atoms with Gasteiger partial charge < -0.3 is 53.0 Å². The summed E-state index contributed by atoms with van der Waals surface area (Å²) >= 11 is 0. The molecule has 0 bridgehead atoms. The third-order valence-corrected chi connectivity index (χ3v) is 24.3. The third-order valence-electron chi connectivity index (χ3n) is 21.2. The number of hydrogen-bond acceptors (Lipinski definition) is 14. The fourth-order valence-corrected chi connectivity index (χ4v) is 16.7. The maximum Gasteiger partial charge on any atom is 0.421 e. The molecule has 4 atom stereocenters. The number of para-hydroxylation sites is 1. The number of aryl methyl sites for hydroxylation is 6. The van der Waals surface area contributed by atoms with E-state index in [0.29, 0.717) is 23.5 Å². The molecule has 2 fully saturated rings. The van der Waals surface area contributed by atoms with Gasteiger partial charge in [0, 0.05) is 25.5 Å². The molecule has 0 aromatic heterocycles. The lowest BCUT2D eigenvalue weighted by atomic mass is 9.58. The molecule has 0 radical (unpaired) electrons. The highest BCUT2D eigenvalue weighted by molar-refractivity contribution is 7.97. The Morgan fingerprint density at radius 1 is 0.500 bits per heavy atom. The molecule has 9 aromatic rings. The van der Waals surface area contributed by atoms with E-state index in [0.717, 1.165) is 97.8 Å². The topological polar surface area (TPSA) is 200 Å². The lowest BCUT2D eigenvalue weighted by Gasteiger charge is -2.48. The number of carbonyl (C=O) groups excluding carboxylic acids is 1. The van der Waals surface area contributed by atoms with Crippen LogP contribution in [0.4, 0.5) is 13.2 Å². The SMILES string of the molecule is CC(C)C(=O)Oc1ccc(O)cc1.CCOC(CC(C)(C1CCCCC1)C1CCCCC1)Oc1ccc(CC)cc1.CCc1ccc(C(C)(O)C(F)(F)F)cc1.CCc1ccc(O)cc1.CCc1ccc(OC(CC(C)(C)C)OC(C)C)cc1.CCc1ccc(S(=O)(=O)[O-])cc1.COc1cccc([S+](c2cccc(C)c2)c2ccccc2OC)c1. The van der Waals surface area contributed by atoms with E-state index in [1.165, 1.54) is 138 Å². The summed E-state index contributed by atoms with van der Waals surface area (Å²) in [6, 6.07) is 67.1. The summed E-state index contributed by atoms with van der Waals surface area (Å²) in [5, 5.41) is 27.2. The van der Waals surface area contributed by atoms with Gasteiger partial charge in [0.2, 0.25) is 11.2 Å². The van der Waals surface area contributed by atoms with Gasteiger partial charge in [0.25, 0.3) is 0 Å². The minimum atomic E-state index is -4.65. The Kier molecular flexibility index (Phi) is 43.4. The van der Waals surface area contributed by atoms with Crippen molar-refractivity contribution in [1.29, 1.82) is 0 Å². The Morgan fingerprint density at radius 3 is 1.32 bits per heavy atom. The third kappa shape index (κ3) is 35.3. The van der Waals surface area contributed by atoms with Crippen LogP contribution in [0.5, 0.6) is 40.2 Å². The molecular formula is C101H135F3O14S2. The summed E-state index contributed by atoms with van der Waals surface area (Å²) in [4.78, 5) is 14.6. The molecule has 2 aliphatic rings. The van der Waals surface area contributed by atoms with Crippen molar-refractivity contribution in [3.05, 3.63) is 257 Å². The van der Waals surface area contributed by atoms with Crippen LogP contribution < -0.4 is 23.7 Å². The molecule has 2 saturated carbocycles. The molecule has 0 aliphatic heterocycles. The Labute approximate surface area is 719 Å². The first-order chi connectivity index (χ1) is 56.9. The van der Waals surface area contributed by atoms with E-state index in [4.69, 9.17) is 43.4 Å². The maximum atomic E-state index is 12.5. The lowest BCUT2D eigenvalue weighted by molar-refractivity contribution is -0.258. The first kappa shape index (κ1) is 102. The van der Waals surface area contributed by atoms with E-state index >= 15 is 0 Å². The Hall–Kier alpha value is -8.82. The van der Waals surface area contributed by atoms with E-state index in [2.05, 4.69) is 147 Å². The molecule has 3 N–H and O–H groups in total. The molecule has 2 aliphatic carbocycles. The molecule has 9 aromatic carbocycles. The van der Waals surface area contributed by atoms with Gasteiger partial charge in [0.15, 0.2) is 27.4 Å². The summed E-state index contributed by atoms with van der Waals surface area (Å²) in [5.41, 5.74) is 4.76. The van der Waals surface area contributed by atoms with E-state index in [1.54, 1.807) is 76.6 Å². The van der Waals surface area contributed by atoms with Crippen molar-refractivity contribution in [3.8, 4) is 40.2 Å². The standard InChI is InChI=1S/C26H42O2.C21H21O2S.C17H28O2.C11H13F3O.C10H12O3.C8H10O3S.C8H10O/c1-4-21-16-18-24(19-17-21)28-25(27-5-2)20-26(3,22-12-8-6-9-13-22)23-14-10-7-11-15-23;1-16-8-6-10-18(14-16)24(19-11-7-9-17(15-19)22-2)21-13-5-4-12-20(21)23-3;1-7-14-8-10-15(11-9-14)19-16(18-13(2)3)12-17(4,5)6;1-3-8-4-6-9(7-5-8)10(2,15)11(12,13)14;1-7(2)10(12)13-9-5-3-8(11)4-6-9;1-2-7-3-5-8(6-4-7)12(9,10)11;1-2-7-3-5-8(9)6-4-7/h16-19,22-23,25H,4-15,20H2,1-3H3;4-15H,1-3H3;8-11,13,16H,7,12H2,1-6H3;4-7,15H,3H2,1-2H3;3-7,11H,1-2H3;3-6H,2H2,1H3,(H,9,10,11);3-6,9H,2H2,1H3/q;+1;;;;;/p-1. The Bertz CT molecular complexity index is 4440. The van der Waals surface area contributed by atoms with Gasteiger partial charge in [-0.15, -0.1) is 0 Å². The smallest absolute Gasteiger partial charge is 0.421 e. The second-order valence-electron chi connectivity index (χ2n) is 32.5. The van der Waals surface area contributed by atoms with Crippen LogP contribution in [0.15, 0.2) is 238 Å². The zero-order valence-electron chi connectivity index (χ0n) is 74.3. The van der Waals surface area contributed by atoms with Crippen LogP contribution in [-0.2, 0) is 73.0 Å². The average molecular weight is 1690 g/mol. The van der Waals surface area contributed by atoms with E-state index in [1.807, 2.05) is 76.2 Å².